The molecule has 3 heterocycles. The number of hydrogen-bond acceptors (Lipinski definition) is 4. The molecule has 146 valence electrons. The van der Waals surface area contributed by atoms with Gasteiger partial charge in [0.1, 0.15) is 5.82 Å². The van der Waals surface area contributed by atoms with Crippen molar-refractivity contribution < 1.29 is 4.79 Å². The number of nitrogens with zero attached hydrogens (tertiary/aromatic N) is 4. The van der Waals surface area contributed by atoms with E-state index >= 15 is 0 Å². The maximum absolute atomic E-state index is 12.3. The summed E-state index contributed by atoms with van der Waals surface area (Å²) < 4.78 is 1.90. The van der Waals surface area contributed by atoms with Crippen LogP contribution >= 0.6 is 0 Å². The van der Waals surface area contributed by atoms with Gasteiger partial charge in [-0.15, -0.1) is 0 Å². The molecule has 4 aromatic rings. The van der Waals surface area contributed by atoms with Gasteiger partial charge in [0.2, 0.25) is 5.91 Å². The van der Waals surface area contributed by atoms with Crippen LogP contribution in [0.25, 0.3) is 16.8 Å². The summed E-state index contributed by atoms with van der Waals surface area (Å²) in [5, 5.41) is 7.56. The number of amides is 1. The molecule has 3 aromatic heterocycles. The zero-order valence-corrected chi connectivity index (χ0v) is 16.8. The molecule has 29 heavy (non-hydrogen) atoms. The van der Waals surface area contributed by atoms with Crippen LogP contribution in [0.3, 0.4) is 0 Å². The van der Waals surface area contributed by atoms with Crippen LogP contribution < -0.4 is 5.32 Å². The van der Waals surface area contributed by atoms with E-state index in [1.165, 1.54) is 0 Å². The lowest BCUT2D eigenvalue weighted by Crippen LogP contribution is -2.15. The maximum Gasteiger partial charge on any atom is 0.225 e. The van der Waals surface area contributed by atoms with E-state index in [2.05, 4.69) is 22.4 Å². The van der Waals surface area contributed by atoms with Crippen molar-refractivity contribution in [3.05, 3.63) is 77.4 Å². The van der Waals surface area contributed by atoms with Gasteiger partial charge < -0.3 is 5.32 Å². The predicted octanol–water partition coefficient (Wildman–Crippen LogP) is 4.29. The fourth-order valence-corrected chi connectivity index (χ4v) is 3.65. The van der Waals surface area contributed by atoms with Crippen LogP contribution in [0.5, 0.6) is 0 Å². The molecule has 0 unspecified atom stereocenters. The van der Waals surface area contributed by atoms with E-state index in [0.29, 0.717) is 18.7 Å². The summed E-state index contributed by atoms with van der Waals surface area (Å²) in [5.41, 5.74) is 6.95. The molecule has 0 radical (unpaired) electrons. The van der Waals surface area contributed by atoms with Crippen molar-refractivity contribution in [2.45, 2.75) is 33.6 Å². The van der Waals surface area contributed by atoms with Crippen molar-refractivity contribution >= 4 is 17.4 Å². The Morgan fingerprint density at radius 3 is 2.48 bits per heavy atom. The first kappa shape index (κ1) is 18.8. The summed E-state index contributed by atoms with van der Waals surface area (Å²) in [6.45, 7) is 6.04. The number of carbonyl (C=O) groups excluding carboxylic acids is 1. The van der Waals surface area contributed by atoms with Gasteiger partial charge >= 0.3 is 0 Å². The Kier molecular flexibility index (Phi) is 5.08. The lowest BCUT2D eigenvalue weighted by atomic mass is 10.0. The average Bonchev–Trinajstić information content (AvgIpc) is 3.05. The highest BCUT2D eigenvalue weighted by molar-refractivity contribution is 5.89. The van der Waals surface area contributed by atoms with Crippen LogP contribution in [0.1, 0.15) is 29.1 Å². The number of hydrogen-bond donors (Lipinski definition) is 1. The zero-order chi connectivity index (χ0) is 20.4. The van der Waals surface area contributed by atoms with Gasteiger partial charge in [-0.2, -0.15) is 5.10 Å². The zero-order valence-electron chi connectivity index (χ0n) is 16.8. The minimum absolute atomic E-state index is 0.0655. The molecule has 1 amide bonds. The fourth-order valence-electron chi connectivity index (χ4n) is 3.65. The molecule has 0 saturated carbocycles. The highest BCUT2D eigenvalue weighted by atomic mass is 16.1. The number of aryl methyl sites for hydroxylation is 3. The van der Waals surface area contributed by atoms with Crippen LogP contribution in [-0.2, 0) is 11.2 Å². The van der Waals surface area contributed by atoms with E-state index < -0.39 is 0 Å². The minimum Gasteiger partial charge on any atom is -0.311 e. The summed E-state index contributed by atoms with van der Waals surface area (Å²) in [4.78, 5) is 21.3. The van der Waals surface area contributed by atoms with Crippen LogP contribution in [0.4, 0.5) is 5.82 Å². The minimum atomic E-state index is -0.0655. The Hall–Kier alpha value is -3.54. The first-order valence-corrected chi connectivity index (χ1v) is 9.66. The Labute approximate surface area is 169 Å². The Bertz CT molecular complexity index is 1170. The second-order valence-electron chi connectivity index (χ2n) is 7.09. The van der Waals surface area contributed by atoms with Gasteiger partial charge in [0, 0.05) is 29.6 Å². The van der Waals surface area contributed by atoms with Crippen molar-refractivity contribution in [2.24, 2.45) is 0 Å². The first-order chi connectivity index (χ1) is 14.0. The number of aromatic nitrogens is 4. The number of anilines is 1. The normalized spacial score (nSPS) is 11.0. The third-order valence-electron chi connectivity index (χ3n) is 5.10. The van der Waals surface area contributed by atoms with Gasteiger partial charge in [-0.3, -0.25) is 4.79 Å². The smallest absolute Gasteiger partial charge is 0.225 e. The Morgan fingerprint density at radius 2 is 1.76 bits per heavy atom. The molecule has 6 nitrogen and oxygen atoms in total. The molecular formula is C23H23N5O. The van der Waals surface area contributed by atoms with Gasteiger partial charge in [-0.05, 0) is 50.5 Å². The van der Waals surface area contributed by atoms with E-state index in [0.717, 1.165) is 39.4 Å². The molecule has 0 saturated heterocycles. The van der Waals surface area contributed by atoms with Gasteiger partial charge in [0.25, 0.3) is 0 Å². The number of benzene rings is 1. The van der Waals surface area contributed by atoms with Crippen LogP contribution in [0, 0.1) is 20.8 Å². The molecule has 6 heteroatoms. The summed E-state index contributed by atoms with van der Waals surface area (Å²) in [6, 6.07) is 15.6. The summed E-state index contributed by atoms with van der Waals surface area (Å²) in [7, 11) is 0. The number of carbonyl (C=O) groups is 1. The SMILES string of the molecule is Cc1nc2c(-c3ccccc3)c(C)nn2c(C)c1CCC(=O)Nc1ccccn1. The number of nitrogens with one attached hydrogen (secondary N) is 1. The van der Waals surface area contributed by atoms with Crippen molar-refractivity contribution in [2.75, 3.05) is 5.32 Å². The topological polar surface area (TPSA) is 72.2 Å². The second kappa shape index (κ2) is 7.83. The molecule has 0 atom stereocenters. The largest absolute Gasteiger partial charge is 0.311 e. The summed E-state index contributed by atoms with van der Waals surface area (Å²) >= 11 is 0. The Morgan fingerprint density at radius 1 is 1.00 bits per heavy atom. The Balaban J connectivity index is 1.62. The molecule has 1 aromatic carbocycles. The van der Waals surface area contributed by atoms with Crippen LogP contribution in [-0.4, -0.2) is 25.5 Å². The molecule has 0 spiro atoms. The highest BCUT2D eigenvalue weighted by Crippen LogP contribution is 2.29. The number of rotatable bonds is 5. The van der Waals surface area contributed by atoms with Crippen molar-refractivity contribution in [1.29, 1.82) is 0 Å². The summed E-state index contributed by atoms with van der Waals surface area (Å²) in [6.07, 6.45) is 2.61. The fraction of sp³-hybridized carbons (Fsp3) is 0.217. The molecular weight excluding hydrogens is 362 g/mol. The monoisotopic (exact) mass is 385 g/mol. The van der Waals surface area contributed by atoms with Gasteiger partial charge in [-0.1, -0.05) is 36.4 Å². The molecule has 4 rings (SSSR count). The van der Waals surface area contributed by atoms with Crippen LogP contribution in [0.2, 0.25) is 0 Å². The van der Waals surface area contributed by atoms with E-state index in [9.17, 15) is 4.79 Å². The molecule has 1 N–H and O–H groups in total. The maximum atomic E-state index is 12.3. The van der Waals surface area contributed by atoms with E-state index in [4.69, 9.17) is 10.1 Å². The molecule has 0 bridgehead atoms. The second-order valence-corrected chi connectivity index (χ2v) is 7.09. The van der Waals surface area contributed by atoms with Gasteiger partial charge in [-0.25, -0.2) is 14.5 Å². The van der Waals surface area contributed by atoms with Crippen molar-refractivity contribution in [1.82, 2.24) is 19.6 Å². The lowest BCUT2D eigenvalue weighted by molar-refractivity contribution is -0.116. The molecule has 0 fully saturated rings. The van der Waals surface area contributed by atoms with Gasteiger partial charge in [0.15, 0.2) is 5.65 Å². The molecule has 0 aliphatic carbocycles. The lowest BCUT2D eigenvalue weighted by Gasteiger charge is -2.12. The number of fused-ring (bicyclic) bond motifs is 1. The quantitative estimate of drug-likeness (QED) is 0.556. The molecule has 0 aliphatic heterocycles. The first-order valence-electron chi connectivity index (χ1n) is 9.66. The van der Waals surface area contributed by atoms with Crippen molar-refractivity contribution in [3.63, 3.8) is 0 Å². The highest BCUT2D eigenvalue weighted by Gasteiger charge is 2.18. The number of pyridine rings is 1. The summed E-state index contributed by atoms with van der Waals surface area (Å²) in [5.74, 6) is 0.499. The van der Waals surface area contributed by atoms with Crippen molar-refractivity contribution in [3.8, 4) is 11.1 Å². The van der Waals surface area contributed by atoms with E-state index in [1.807, 2.05) is 55.6 Å². The van der Waals surface area contributed by atoms with E-state index in [1.54, 1.807) is 12.3 Å². The standard InChI is InChI=1S/C23H23N5O/c1-15-19(12-13-21(29)26-20-11-7-8-14-24-20)17(3)28-23(25-15)22(16(2)27-28)18-9-5-4-6-10-18/h4-11,14H,12-13H2,1-3H3,(H,24,26,29). The molecule has 0 aliphatic rings. The predicted molar refractivity (Wildman–Crippen MR) is 114 cm³/mol. The van der Waals surface area contributed by atoms with Gasteiger partial charge in [0.05, 0.1) is 5.69 Å². The third-order valence-corrected chi connectivity index (χ3v) is 5.10. The third kappa shape index (κ3) is 3.74. The van der Waals surface area contributed by atoms with Crippen LogP contribution in [0.15, 0.2) is 54.7 Å². The average molecular weight is 385 g/mol. The van der Waals surface area contributed by atoms with E-state index in [-0.39, 0.29) is 5.91 Å².